The number of aromatic nitrogens is 3. The van der Waals surface area contributed by atoms with Crippen molar-refractivity contribution in [3.8, 4) is 5.82 Å². The van der Waals surface area contributed by atoms with Crippen molar-refractivity contribution in [2.45, 2.75) is 6.92 Å². The van der Waals surface area contributed by atoms with Crippen molar-refractivity contribution in [1.82, 2.24) is 14.8 Å². The summed E-state index contributed by atoms with van der Waals surface area (Å²) in [6.07, 6.45) is 3.36. The molecule has 0 saturated carbocycles. The van der Waals surface area contributed by atoms with E-state index < -0.39 is 5.97 Å². The third-order valence-electron chi connectivity index (χ3n) is 2.17. The Labute approximate surface area is 118 Å². The predicted molar refractivity (Wildman–Crippen MR) is 75.0 cm³/mol. The Kier molecular flexibility index (Phi) is 4.13. The Morgan fingerprint density at radius 1 is 1.50 bits per heavy atom. The Hall–Kier alpha value is -1.64. The lowest BCUT2D eigenvalue weighted by molar-refractivity contribution is 0.0519. The van der Waals surface area contributed by atoms with Crippen molar-refractivity contribution in [2.75, 3.05) is 10.1 Å². The Morgan fingerprint density at radius 3 is 2.94 bits per heavy atom. The molecule has 0 saturated heterocycles. The molecule has 0 aromatic carbocycles. The molecule has 0 amide bonds. The van der Waals surface area contributed by atoms with Gasteiger partial charge in [0.05, 0.1) is 41.4 Å². The highest BCUT2D eigenvalue weighted by molar-refractivity contribution is 14.1. The first-order valence-corrected chi connectivity index (χ1v) is 6.38. The molecule has 0 aliphatic rings. The molecule has 94 valence electrons. The van der Waals surface area contributed by atoms with Crippen molar-refractivity contribution >= 4 is 34.5 Å². The average molecular weight is 358 g/mol. The molecule has 1 N–H and O–H groups in total. The van der Waals surface area contributed by atoms with Crippen LogP contribution in [0, 0.1) is 0 Å². The number of nitrogens with zero attached hydrogens (tertiary/aromatic N) is 3. The van der Waals surface area contributed by atoms with Gasteiger partial charge < -0.3 is 8.27 Å². The fraction of sp³-hybridized carbons (Fsp3) is 0.182. The topological polar surface area (TPSA) is 69.0 Å². The summed E-state index contributed by atoms with van der Waals surface area (Å²) in [6, 6.07) is 5.29. The second kappa shape index (κ2) is 5.80. The van der Waals surface area contributed by atoms with Crippen molar-refractivity contribution in [3.63, 3.8) is 0 Å². The van der Waals surface area contributed by atoms with E-state index in [0.29, 0.717) is 12.4 Å². The molecule has 2 rings (SSSR count). The van der Waals surface area contributed by atoms with Crippen LogP contribution in [0.25, 0.3) is 5.82 Å². The van der Waals surface area contributed by atoms with E-state index in [0.717, 1.165) is 5.69 Å². The van der Waals surface area contributed by atoms with Crippen LogP contribution in [0.5, 0.6) is 0 Å². The molecule has 0 atom stereocenters. The van der Waals surface area contributed by atoms with Gasteiger partial charge in [0.25, 0.3) is 0 Å². The molecule has 2 aromatic heterocycles. The minimum absolute atomic E-state index is 0.273. The molecule has 7 heteroatoms. The number of halogens is 1. The zero-order valence-corrected chi connectivity index (χ0v) is 11.8. The Bertz CT molecular complexity index is 538. The summed E-state index contributed by atoms with van der Waals surface area (Å²) >= 11 is 2.03. The highest BCUT2D eigenvalue weighted by Gasteiger charge is 2.11. The molecule has 0 radical (unpaired) electrons. The number of pyridine rings is 1. The minimum Gasteiger partial charge on any atom is -0.461 e. The van der Waals surface area contributed by atoms with E-state index in [-0.39, 0.29) is 5.69 Å². The maximum absolute atomic E-state index is 11.5. The fourth-order valence-corrected chi connectivity index (χ4v) is 1.66. The van der Waals surface area contributed by atoms with E-state index in [4.69, 9.17) is 4.74 Å². The number of esters is 1. The second-order valence-corrected chi connectivity index (χ2v) is 3.90. The van der Waals surface area contributed by atoms with Crippen molar-refractivity contribution in [2.24, 2.45) is 0 Å². The number of hydrogen-bond acceptors (Lipinski definition) is 5. The van der Waals surface area contributed by atoms with Crippen molar-refractivity contribution in [1.29, 1.82) is 0 Å². The van der Waals surface area contributed by atoms with Gasteiger partial charge in [-0.05, 0) is 25.1 Å². The maximum Gasteiger partial charge on any atom is 0.358 e. The molecular weight excluding hydrogens is 347 g/mol. The number of carbonyl (C=O) groups excluding carboxylic acids is 1. The normalized spacial score (nSPS) is 10.1. The second-order valence-electron chi connectivity index (χ2n) is 3.37. The van der Waals surface area contributed by atoms with Crippen molar-refractivity contribution in [3.05, 3.63) is 36.3 Å². The SMILES string of the molecule is CCOC(=O)c1ccn(-c2ccc(NI)cn2)n1. The number of rotatable bonds is 4. The lowest BCUT2D eigenvalue weighted by Crippen LogP contribution is -2.07. The van der Waals surface area contributed by atoms with Gasteiger partial charge in [0.1, 0.15) is 0 Å². The van der Waals surface area contributed by atoms with Crippen LogP contribution in [0.3, 0.4) is 0 Å². The Balaban J connectivity index is 2.20. The molecule has 2 aromatic rings. The lowest BCUT2D eigenvalue weighted by Gasteiger charge is -2.01. The van der Waals surface area contributed by atoms with Crippen LogP contribution in [0.4, 0.5) is 5.69 Å². The van der Waals surface area contributed by atoms with Gasteiger partial charge in [-0.15, -0.1) is 0 Å². The summed E-state index contributed by atoms with van der Waals surface area (Å²) in [5.41, 5.74) is 1.17. The van der Waals surface area contributed by atoms with Gasteiger partial charge in [-0.3, -0.25) is 0 Å². The van der Waals surface area contributed by atoms with Crippen LogP contribution in [-0.2, 0) is 4.74 Å². The van der Waals surface area contributed by atoms with Crippen LogP contribution in [-0.4, -0.2) is 27.3 Å². The van der Waals surface area contributed by atoms with Gasteiger partial charge in [-0.2, -0.15) is 5.10 Å². The average Bonchev–Trinajstić information content (AvgIpc) is 2.89. The zero-order chi connectivity index (χ0) is 13.0. The number of carbonyl (C=O) groups is 1. The molecule has 0 bridgehead atoms. The quantitative estimate of drug-likeness (QED) is 0.516. The fourth-order valence-electron chi connectivity index (χ4n) is 1.34. The molecule has 0 unspecified atom stereocenters. The van der Waals surface area contributed by atoms with Crippen LogP contribution < -0.4 is 3.53 Å². The summed E-state index contributed by atoms with van der Waals surface area (Å²) < 4.78 is 9.35. The summed E-state index contributed by atoms with van der Waals surface area (Å²) in [5, 5.41) is 4.11. The van der Waals surface area contributed by atoms with Crippen molar-refractivity contribution < 1.29 is 9.53 Å². The number of hydrogen-bond donors (Lipinski definition) is 1. The largest absolute Gasteiger partial charge is 0.461 e. The molecular formula is C11H11IN4O2. The molecule has 0 aliphatic carbocycles. The summed E-state index contributed by atoms with van der Waals surface area (Å²) in [5.74, 6) is 0.211. The van der Waals surface area contributed by atoms with Crippen LogP contribution in [0.15, 0.2) is 30.6 Å². The van der Waals surface area contributed by atoms with E-state index in [1.807, 2.05) is 35.0 Å². The van der Waals surface area contributed by atoms with E-state index in [1.54, 1.807) is 25.4 Å². The van der Waals surface area contributed by atoms with Gasteiger partial charge in [0.2, 0.25) is 0 Å². The Morgan fingerprint density at radius 2 is 2.33 bits per heavy atom. The monoisotopic (exact) mass is 358 g/mol. The highest BCUT2D eigenvalue weighted by Crippen LogP contribution is 2.11. The van der Waals surface area contributed by atoms with E-state index in [9.17, 15) is 4.79 Å². The van der Waals surface area contributed by atoms with Crippen LogP contribution in [0.1, 0.15) is 17.4 Å². The van der Waals surface area contributed by atoms with Gasteiger partial charge in [0.15, 0.2) is 11.5 Å². The van der Waals surface area contributed by atoms with Crippen LogP contribution >= 0.6 is 22.9 Å². The van der Waals surface area contributed by atoms with Gasteiger partial charge in [0, 0.05) is 6.20 Å². The smallest absolute Gasteiger partial charge is 0.358 e. The van der Waals surface area contributed by atoms with E-state index in [1.165, 1.54) is 4.68 Å². The highest BCUT2D eigenvalue weighted by atomic mass is 127. The van der Waals surface area contributed by atoms with Crippen LogP contribution in [0.2, 0.25) is 0 Å². The summed E-state index contributed by atoms with van der Waals surface area (Å²) in [7, 11) is 0. The molecule has 0 aliphatic heterocycles. The molecule has 2 heterocycles. The number of anilines is 1. The van der Waals surface area contributed by atoms with E-state index >= 15 is 0 Å². The molecule has 0 spiro atoms. The standard InChI is InChI=1S/C11H11IN4O2/c1-2-18-11(17)9-5-6-16(15-9)10-4-3-8(14-12)7-13-10/h3-7,14H,2H2,1H3. The summed E-state index contributed by atoms with van der Waals surface area (Å²) in [6.45, 7) is 2.09. The zero-order valence-electron chi connectivity index (χ0n) is 9.63. The summed E-state index contributed by atoms with van der Waals surface area (Å²) in [4.78, 5) is 15.7. The first-order chi connectivity index (χ1) is 8.74. The number of nitrogens with one attached hydrogen (secondary N) is 1. The first kappa shape index (κ1) is 12.8. The van der Waals surface area contributed by atoms with E-state index in [2.05, 4.69) is 13.6 Å². The van der Waals surface area contributed by atoms with Gasteiger partial charge in [-0.25, -0.2) is 14.5 Å². The van der Waals surface area contributed by atoms with Gasteiger partial charge in [-0.1, -0.05) is 0 Å². The molecule has 6 nitrogen and oxygen atoms in total. The molecule has 18 heavy (non-hydrogen) atoms. The third-order valence-corrected chi connectivity index (χ3v) is 2.79. The lowest BCUT2D eigenvalue weighted by atomic mass is 10.4. The minimum atomic E-state index is -0.429. The maximum atomic E-state index is 11.5. The molecule has 0 fully saturated rings. The third kappa shape index (κ3) is 2.78. The van der Waals surface area contributed by atoms with Gasteiger partial charge >= 0.3 is 5.97 Å². The number of ether oxygens (including phenoxy) is 1. The first-order valence-electron chi connectivity index (χ1n) is 5.30. The predicted octanol–water partition coefficient (Wildman–Crippen LogP) is 2.21.